The van der Waals surface area contributed by atoms with Gasteiger partial charge in [0.25, 0.3) is 0 Å². The van der Waals surface area contributed by atoms with E-state index in [1.54, 1.807) is 0 Å². The molecule has 1 saturated carbocycles. The third-order valence-corrected chi connectivity index (χ3v) is 5.69. The molecule has 1 spiro atoms. The van der Waals surface area contributed by atoms with Crippen molar-refractivity contribution in [3.05, 3.63) is 0 Å². The maximum absolute atomic E-state index is 5.62. The summed E-state index contributed by atoms with van der Waals surface area (Å²) in [6, 6.07) is 0. The molecule has 3 aliphatic rings. The predicted molar refractivity (Wildman–Crippen MR) is 104 cm³/mol. The number of halogens is 1. The van der Waals surface area contributed by atoms with Gasteiger partial charge < -0.3 is 19.7 Å². The Hall–Kier alpha value is -0.0800. The fourth-order valence-electron chi connectivity index (χ4n) is 3.81. The lowest BCUT2D eigenvalue weighted by atomic mass is 9.87. The topological polar surface area (TPSA) is 46.1 Å². The first-order chi connectivity index (χ1) is 10.7. The highest BCUT2D eigenvalue weighted by atomic mass is 127. The number of hydrogen-bond donors (Lipinski definition) is 1. The quantitative estimate of drug-likeness (QED) is 0.300. The predicted octanol–water partition coefficient (Wildman–Crippen LogP) is 2.50. The van der Waals surface area contributed by atoms with E-state index in [0.717, 1.165) is 52.0 Å². The van der Waals surface area contributed by atoms with Crippen LogP contribution in [0.25, 0.3) is 0 Å². The molecule has 0 aromatic rings. The smallest absolute Gasteiger partial charge is 0.193 e. The third-order valence-electron chi connectivity index (χ3n) is 5.69. The van der Waals surface area contributed by atoms with Crippen LogP contribution in [0.3, 0.4) is 0 Å². The molecular weight excluding hydrogens is 405 g/mol. The van der Waals surface area contributed by atoms with Gasteiger partial charge in [-0.3, -0.25) is 4.99 Å². The van der Waals surface area contributed by atoms with Gasteiger partial charge >= 0.3 is 0 Å². The maximum atomic E-state index is 5.62. The molecule has 3 rings (SSSR count). The molecule has 1 N–H and O–H groups in total. The fourth-order valence-corrected chi connectivity index (χ4v) is 3.81. The van der Waals surface area contributed by atoms with E-state index in [0.29, 0.717) is 10.8 Å². The second kappa shape index (κ2) is 8.34. The Morgan fingerprint density at radius 2 is 2.13 bits per heavy atom. The molecule has 2 heterocycles. The van der Waals surface area contributed by atoms with E-state index in [1.807, 2.05) is 7.05 Å². The van der Waals surface area contributed by atoms with Crippen LogP contribution in [0.4, 0.5) is 0 Å². The first-order valence-corrected chi connectivity index (χ1v) is 8.82. The van der Waals surface area contributed by atoms with Crippen LogP contribution in [0.1, 0.15) is 39.0 Å². The lowest BCUT2D eigenvalue weighted by Gasteiger charge is -2.26. The van der Waals surface area contributed by atoms with Gasteiger partial charge in [0.15, 0.2) is 5.96 Å². The van der Waals surface area contributed by atoms with Crippen LogP contribution in [0, 0.1) is 10.8 Å². The van der Waals surface area contributed by atoms with Gasteiger partial charge in [-0.25, -0.2) is 0 Å². The third kappa shape index (κ3) is 4.72. The van der Waals surface area contributed by atoms with Gasteiger partial charge in [0.05, 0.1) is 6.61 Å². The molecule has 3 fully saturated rings. The molecular formula is C17H32IN3O2. The van der Waals surface area contributed by atoms with Crippen LogP contribution in [0.15, 0.2) is 4.99 Å². The summed E-state index contributed by atoms with van der Waals surface area (Å²) in [5, 5.41) is 3.63. The van der Waals surface area contributed by atoms with E-state index < -0.39 is 0 Å². The van der Waals surface area contributed by atoms with Gasteiger partial charge in [-0.15, -0.1) is 24.0 Å². The number of nitrogens with one attached hydrogen (secondary N) is 1. The first-order valence-electron chi connectivity index (χ1n) is 8.82. The Morgan fingerprint density at radius 1 is 1.30 bits per heavy atom. The van der Waals surface area contributed by atoms with Crippen molar-refractivity contribution in [2.24, 2.45) is 15.8 Å². The fraction of sp³-hybridized carbons (Fsp3) is 0.941. The van der Waals surface area contributed by atoms with Crippen LogP contribution in [0.2, 0.25) is 0 Å². The Balaban J connectivity index is 0.00000192. The van der Waals surface area contributed by atoms with Crippen molar-refractivity contribution in [2.75, 3.05) is 53.1 Å². The van der Waals surface area contributed by atoms with Crippen LogP contribution < -0.4 is 5.32 Å². The highest BCUT2D eigenvalue weighted by molar-refractivity contribution is 14.0. The van der Waals surface area contributed by atoms with Crippen molar-refractivity contribution < 1.29 is 9.47 Å². The average Bonchev–Trinajstić information content (AvgIpc) is 2.97. The summed E-state index contributed by atoms with van der Waals surface area (Å²) in [5.74, 6) is 1.08. The van der Waals surface area contributed by atoms with Crippen LogP contribution in [0.5, 0.6) is 0 Å². The lowest BCUT2D eigenvalue weighted by molar-refractivity contribution is 0.128. The SMILES string of the molecule is CCOCCC1(CNC(=NC)N2CCC3(CCOC3)C2)CC1.I. The van der Waals surface area contributed by atoms with Crippen LogP contribution >= 0.6 is 24.0 Å². The standard InChI is InChI=1S/C17H31N3O2.HI/c1-3-21-10-7-16(4-5-16)12-19-15(18-2)20-9-6-17(13-20)8-11-22-14-17;/h3-14H2,1-2H3,(H,18,19);1H. The summed E-state index contributed by atoms with van der Waals surface area (Å²) in [5.41, 5.74) is 0.850. The van der Waals surface area contributed by atoms with Crippen molar-refractivity contribution in [1.29, 1.82) is 0 Å². The minimum Gasteiger partial charge on any atom is -0.382 e. The summed E-state index contributed by atoms with van der Waals surface area (Å²) in [6.45, 7) is 8.87. The van der Waals surface area contributed by atoms with E-state index in [1.165, 1.54) is 32.1 Å². The van der Waals surface area contributed by atoms with Crippen LogP contribution in [-0.4, -0.2) is 64.0 Å². The van der Waals surface area contributed by atoms with E-state index in [-0.39, 0.29) is 24.0 Å². The molecule has 1 atom stereocenters. The molecule has 1 unspecified atom stereocenters. The molecule has 23 heavy (non-hydrogen) atoms. The molecule has 1 aliphatic carbocycles. The molecule has 6 heteroatoms. The average molecular weight is 437 g/mol. The van der Waals surface area contributed by atoms with Crippen molar-refractivity contribution in [1.82, 2.24) is 10.2 Å². The minimum absolute atomic E-state index is 0. The second-order valence-corrected chi connectivity index (χ2v) is 7.32. The van der Waals surface area contributed by atoms with Gasteiger partial charge in [0.2, 0.25) is 0 Å². The Labute approximate surface area is 157 Å². The zero-order valence-corrected chi connectivity index (χ0v) is 16.9. The molecule has 2 aliphatic heterocycles. The van der Waals surface area contributed by atoms with E-state index in [4.69, 9.17) is 9.47 Å². The summed E-state index contributed by atoms with van der Waals surface area (Å²) < 4.78 is 11.1. The molecule has 0 amide bonds. The van der Waals surface area contributed by atoms with Gasteiger partial charge in [0.1, 0.15) is 0 Å². The number of hydrogen-bond acceptors (Lipinski definition) is 3. The van der Waals surface area contributed by atoms with Crippen molar-refractivity contribution in [3.8, 4) is 0 Å². The molecule has 134 valence electrons. The molecule has 0 bridgehead atoms. The zero-order valence-electron chi connectivity index (χ0n) is 14.6. The Kier molecular flexibility index (Phi) is 6.98. The molecule has 0 radical (unpaired) electrons. The monoisotopic (exact) mass is 437 g/mol. The number of rotatable bonds is 6. The summed E-state index contributed by atoms with van der Waals surface area (Å²) >= 11 is 0. The van der Waals surface area contributed by atoms with Crippen molar-refractivity contribution in [2.45, 2.75) is 39.0 Å². The number of guanidine groups is 1. The summed E-state index contributed by atoms with van der Waals surface area (Å²) in [7, 11) is 1.90. The minimum atomic E-state index is 0. The molecule has 5 nitrogen and oxygen atoms in total. The normalized spacial score (nSPS) is 29.0. The molecule has 0 aromatic heterocycles. The second-order valence-electron chi connectivity index (χ2n) is 7.32. The number of likely N-dealkylation sites (tertiary alicyclic amines) is 1. The highest BCUT2D eigenvalue weighted by Crippen LogP contribution is 2.48. The van der Waals surface area contributed by atoms with E-state index in [9.17, 15) is 0 Å². The molecule has 2 saturated heterocycles. The van der Waals surface area contributed by atoms with Gasteiger partial charge in [-0.1, -0.05) is 0 Å². The Morgan fingerprint density at radius 3 is 2.74 bits per heavy atom. The largest absolute Gasteiger partial charge is 0.382 e. The van der Waals surface area contributed by atoms with Gasteiger partial charge in [0, 0.05) is 51.9 Å². The van der Waals surface area contributed by atoms with E-state index in [2.05, 4.69) is 22.1 Å². The highest BCUT2D eigenvalue weighted by Gasteiger charge is 2.44. The number of aliphatic imine (C=N–C) groups is 1. The number of ether oxygens (including phenoxy) is 2. The maximum Gasteiger partial charge on any atom is 0.193 e. The van der Waals surface area contributed by atoms with Crippen molar-refractivity contribution in [3.63, 3.8) is 0 Å². The molecule has 0 aromatic carbocycles. The number of nitrogens with zero attached hydrogens (tertiary/aromatic N) is 2. The Bertz CT molecular complexity index is 407. The first kappa shape index (κ1) is 19.2. The van der Waals surface area contributed by atoms with Crippen LogP contribution in [-0.2, 0) is 9.47 Å². The summed E-state index contributed by atoms with van der Waals surface area (Å²) in [4.78, 5) is 6.94. The zero-order chi connectivity index (χ0) is 15.5. The van der Waals surface area contributed by atoms with Gasteiger partial charge in [-0.2, -0.15) is 0 Å². The summed E-state index contributed by atoms with van der Waals surface area (Å²) in [6.07, 6.45) is 6.26. The van der Waals surface area contributed by atoms with Crippen molar-refractivity contribution >= 4 is 29.9 Å². The van der Waals surface area contributed by atoms with E-state index >= 15 is 0 Å². The van der Waals surface area contributed by atoms with Gasteiger partial charge in [-0.05, 0) is 44.4 Å². The lowest BCUT2D eigenvalue weighted by Crippen LogP contribution is -2.43.